The van der Waals surface area contributed by atoms with Crippen LogP contribution < -0.4 is 11.1 Å². The van der Waals surface area contributed by atoms with Crippen molar-refractivity contribution in [2.24, 2.45) is 5.73 Å². The van der Waals surface area contributed by atoms with Gasteiger partial charge >= 0.3 is 18.4 Å². The zero-order valence-corrected chi connectivity index (χ0v) is 41.2. The summed E-state index contributed by atoms with van der Waals surface area (Å²) < 4.78 is 19.1. The van der Waals surface area contributed by atoms with Gasteiger partial charge in [-0.3, -0.25) is 19.6 Å². The zero-order valence-electron chi connectivity index (χ0n) is 41.2. The van der Waals surface area contributed by atoms with E-state index < -0.39 is 41.1 Å². The number of benzene rings is 4. The number of ether oxygens (including phenoxy) is 4. The molecule has 0 aliphatic heterocycles. The maximum absolute atomic E-state index is 13.2. The minimum Gasteiger partial charge on any atom is -0.444 e. The van der Waals surface area contributed by atoms with Crippen molar-refractivity contribution in [3.63, 3.8) is 0 Å². The minimum atomic E-state index is -1.06. The van der Waals surface area contributed by atoms with Gasteiger partial charge < -0.3 is 30.0 Å². The number of nitrogens with one attached hydrogen (secondary N) is 1. The Morgan fingerprint density at radius 3 is 1.32 bits per heavy atom. The number of pyridine rings is 2. The fourth-order valence-corrected chi connectivity index (χ4v) is 6.71. The van der Waals surface area contributed by atoms with Crippen molar-refractivity contribution in [3.8, 4) is 0 Å². The zero-order chi connectivity index (χ0) is 50.2. The molecule has 360 valence electrons. The lowest BCUT2D eigenvalue weighted by Crippen LogP contribution is -2.36. The fraction of sp³-hybridized carbons (Fsp3) is 0.364. The average molecular weight is 927 g/mol. The standard InChI is InChI=1S/C25H28N2O3.C20H20N2O.C10H18O5/c1-17-5-8-19(9-6-17)22(16-27-24(29)30-25(2,3)4)23(28)14-18-7-10-21-15-26-12-11-20(21)13-18;1-14-2-5-16(6-3-14)19(12-21)20(23)11-15-4-7-18-13-22-9-8-17(18)10-15;1-9(2,3)14-7(11)13-8(12)15-10(4,5)6/h5-13,15,22H,14,16H2,1-4H3,(H,27,29);2-10,13,19H,11-12,21H2,1H3;1-6H3. The lowest BCUT2D eigenvalue weighted by Gasteiger charge is -2.22. The molecule has 0 aliphatic carbocycles. The van der Waals surface area contributed by atoms with Crippen LogP contribution in [-0.2, 0) is 41.4 Å². The highest BCUT2D eigenvalue weighted by Gasteiger charge is 2.26. The van der Waals surface area contributed by atoms with Gasteiger partial charge in [-0.2, -0.15) is 0 Å². The van der Waals surface area contributed by atoms with Crippen LogP contribution in [0.15, 0.2) is 122 Å². The van der Waals surface area contributed by atoms with E-state index in [0.29, 0.717) is 13.0 Å². The van der Waals surface area contributed by atoms with Crippen LogP contribution in [0.1, 0.15) is 108 Å². The topological polar surface area (TPSA) is 186 Å². The van der Waals surface area contributed by atoms with Gasteiger partial charge in [0.25, 0.3) is 0 Å². The van der Waals surface area contributed by atoms with Crippen LogP contribution in [-0.4, -0.2) is 69.8 Å². The van der Waals surface area contributed by atoms with E-state index in [1.807, 2.05) is 132 Å². The average Bonchev–Trinajstić information content (AvgIpc) is 3.23. The largest absolute Gasteiger partial charge is 0.519 e. The van der Waals surface area contributed by atoms with E-state index >= 15 is 0 Å². The molecule has 0 saturated carbocycles. The van der Waals surface area contributed by atoms with E-state index in [0.717, 1.165) is 49.4 Å². The number of amides is 1. The van der Waals surface area contributed by atoms with Crippen LogP contribution in [0.4, 0.5) is 14.4 Å². The number of nitrogens with zero attached hydrogens (tertiary/aromatic N) is 2. The molecular weight excluding hydrogens is 861 g/mol. The Bertz CT molecular complexity index is 2620. The van der Waals surface area contributed by atoms with Gasteiger partial charge in [0.05, 0.1) is 11.8 Å². The summed E-state index contributed by atoms with van der Waals surface area (Å²) in [5.41, 5.74) is 10.0. The third-order valence-corrected chi connectivity index (χ3v) is 9.93. The van der Waals surface area contributed by atoms with E-state index in [9.17, 15) is 24.0 Å². The van der Waals surface area contributed by atoms with E-state index in [-0.39, 0.29) is 30.4 Å². The second-order valence-corrected chi connectivity index (χ2v) is 19.5. The summed E-state index contributed by atoms with van der Waals surface area (Å²) in [7, 11) is 0. The number of carbonyl (C=O) groups is 5. The fourth-order valence-electron chi connectivity index (χ4n) is 6.71. The Kier molecular flexibility index (Phi) is 19.0. The van der Waals surface area contributed by atoms with E-state index in [1.54, 1.807) is 60.1 Å². The quantitative estimate of drug-likeness (QED) is 0.0712. The van der Waals surface area contributed by atoms with E-state index in [1.165, 1.54) is 5.56 Å². The first-order valence-electron chi connectivity index (χ1n) is 22.5. The molecule has 2 atom stereocenters. The van der Waals surface area contributed by atoms with Gasteiger partial charge in [0.15, 0.2) is 0 Å². The molecule has 6 rings (SSSR count). The van der Waals surface area contributed by atoms with Gasteiger partial charge in [0.1, 0.15) is 28.4 Å². The summed E-state index contributed by atoms with van der Waals surface area (Å²) in [6.07, 6.45) is 5.19. The highest BCUT2D eigenvalue weighted by Crippen LogP contribution is 2.24. The molecule has 1 amide bonds. The Morgan fingerprint density at radius 2 is 0.926 bits per heavy atom. The normalized spacial score (nSPS) is 12.2. The lowest BCUT2D eigenvalue weighted by atomic mass is 9.90. The van der Waals surface area contributed by atoms with Crippen LogP contribution in [0.2, 0.25) is 0 Å². The molecule has 2 unspecified atom stereocenters. The number of aryl methyl sites for hydroxylation is 2. The Labute approximate surface area is 400 Å². The number of Topliss-reactive ketones (excluding diaryl/α,β-unsaturated/α-hetero) is 2. The first-order valence-corrected chi connectivity index (χ1v) is 22.5. The number of ketones is 2. The van der Waals surface area contributed by atoms with Crippen LogP contribution in [0.3, 0.4) is 0 Å². The Morgan fingerprint density at radius 1 is 0.529 bits per heavy atom. The molecule has 0 bridgehead atoms. The van der Waals surface area contributed by atoms with Crippen molar-refractivity contribution in [2.45, 2.75) is 118 Å². The maximum atomic E-state index is 13.2. The van der Waals surface area contributed by atoms with Gasteiger partial charge in [-0.1, -0.05) is 96.1 Å². The molecule has 0 spiro atoms. The summed E-state index contributed by atoms with van der Waals surface area (Å²) in [6, 6.07) is 31.8. The van der Waals surface area contributed by atoms with Crippen LogP contribution in [0, 0.1) is 13.8 Å². The summed E-state index contributed by atoms with van der Waals surface area (Å²) >= 11 is 0. The molecule has 13 heteroatoms. The Balaban J connectivity index is 0.000000236. The molecule has 2 aromatic heterocycles. The molecule has 3 N–H and O–H groups in total. The van der Waals surface area contributed by atoms with Crippen LogP contribution >= 0.6 is 0 Å². The van der Waals surface area contributed by atoms with Crippen molar-refractivity contribution < 1.29 is 42.9 Å². The molecule has 0 aliphatic rings. The molecular formula is C55H66N4O9. The highest BCUT2D eigenvalue weighted by molar-refractivity contribution is 5.91. The number of rotatable bonds is 11. The first-order chi connectivity index (χ1) is 31.9. The molecule has 0 radical (unpaired) electrons. The number of hydrogen-bond donors (Lipinski definition) is 2. The monoisotopic (exact) mass is 926 g/mol. The van der Waals surface area contributed by atoms with Crippen LogP contribution in [0.25, 0.3) is 21.5 Å². The van der Waals surface area contributed by atoms with Crippen molar-refractivity contribution in [2.75, 3.05) is 13.1 Å². The van der Waals surface area contributed by atoms with Crippen molar-refractivity contribution in [1.82, 2.24) is 15.3 Å². The number of alkyl carbamates (subject to hydrolysis) is 1. The number of carbonyl (C=O) groups excluding carboxylic acids is 5. The summed E-state index contributed by atoms with van der Waals surface area (Å²) in [6.45, 7) is 20.0. The van der Waals surface area contributed by atoms with Crippen molar-refractivity contribution in [3.05, 3.63) is 155 Å². The third-order valence-electron chi connectivity index (χ3n) is 9.93. The summed E-state index contributed by atoms with van der Waals surface area (Å²) in [5.74, 6) is -0.497. The first kappa shape index (κ1) is 53.6. The second kappa shape index (κ2) is 24.2. The predicted octanol–water partition coefficient (Wildman–Crippen LogP) is 11.2. The third kappa shape index (κ3) is 18.7. The van der Waals surface area contributed by atoms with Crippen LogP contribution in [0.5, 0.6) is 0 Å². The van der Waals surface area contributed by atoms with Gasteiger partial charge in [0.2, 0.25) is 0 Å². The molecule has 4 aromatic carbocycles. The molecule has 0 saturated heterocycles. The maximum Gasteiger partial charge on any atom is 0.519 e. The molecule has 13 nitrogen and oxygen atoms in total. The number of hydrogen-bond acceptors (Lipinski definition) is 12. The number of aromatic nitrogens is 2. The second-order valence-electron chi connectivity index (χ2n) is 19.5. The lowest BCUT2D eigenvalue weighted by molar-refractivity contribution is -0.120. The van der Waals surface area contributed by atoms with Gasteiger partial charge in [-0.25, -0.2) is 14.4 Å². The predicted molar refractivity (Wildman–Crippen MR) is 266 cm³/mol. The summed E-state index contributed by atoms with van der Waals surface area (Å²) in [5, 5.41) is 7.03. The number of fused-ring (bicyclic) bond motifs is 2. The van der Waals surface area contributed by atoms with E-state index in [4.69, 9.17) is 19.9 Å². The molecule has 6 aromatic rings. The molecule has 68 heavy (non-hydrogen) atoms. The van der Waals surface area contributed by atoms with Crippen molar-refractivity contribution in [1.29, 1.82) is 0 Å². The number of nitrogens with two attached hydrogens (primary N) is 1. The summed E-state index contributed by atoms with van der Waals surface area (Å²) in [4.78, 5) is 68.3. The Hall–Kier alpha value is -6.99. The molecule has 0 fully saturated rings. The van der Waals surface area contributed by atoms with E-state index in [2.05, 4.69) is 26.1 Å². The molecule has 2 heterocycles. The van der Waals surface area contributed by atoms with Gasteiger partial charge in [0, 0.05) is 61.5 Å². The SMILES string of the molecule is CC(C)(C)OC(=O)OC(=O)OC(C)(C)C.Cc1ccc(C(CN)C(=O)Cc2ccc3cnccc3c2)cc1.Cc1ccc(C(CNC(=O)OC(C)(C)C)C(=O)Cc2ccc3cnccc3c2)cc1. The van der Waals surface area contributed by atoms with Crippen molar-refractivity contribution >= 4 is 51.5 Å². The minimum absolute atomic E-state index is 0.0447. The highest BCUT2D eigenvalue weighted by atomic mass is 16.8. The van der Waals surface area contributed by atoms with Gasteiger partial charge in [-0.05, 0) is 121 Å². The smallest absolute Gasteiger partial charge is 0.444 e. The van der Waals surface area contributed by atoms with Gasteiger partial charge in [-0.15, -0.1) is 0 Å².